The fourth-order valence-electron chi connectivity index (χ4n) is 1.50. The Morgan fingerprint density at radius 1 is 1.50 bits per heavy atom. The number of aryl methyl sites for hydroxylation is 2. The number of carbonyl (C=O) groups excluding carboxylic acids is 1. The van der Waals surface area contributed by atoms with Gasteiger partial charge in [0.05, 0.1) is 4.47 Å². The number of nitrogens with zero attached hydrogens (tertiary/aromatic N) is 3. The summed E-state index contributed by atoms with van der Waals surface area (Å²) in [6, 6.07) is 5.46. The Hall–Kier alpha value is -1.69. The molecular weight excluding hydrogens is 296 g/mol. The fraction of sp³-hybridized carbons (Fsp3) is 0.250. The predicted octanol–water partition coefficient (Wildman–Crippen LogP) is 2.62. The van der Waals surface area contributed by atoms with Crippen LogP contribution in [0.2, 0.25) is 0 Å². The largest absolute Gasteiger partial charge is 0.305 e. The van der Waals surface area contributed by atoms with E-state index in [0.717, 1.165) is 5.69 Å². The average molecular weight is 309 g/mol. The molecule has 0 fully saturated rings. The van der Waals surface area contributed by atoms with Crippen molar-refractivity contribution in [3.63, 3.8) is 0 Å². The Morgan fingerprint density at radius 2 is 2.28 bits per heavy atom. The number of aromatic nitrogens is 3. The standard InChI is InChI=1S/C12H13BrN4O/c1-3-17-7-9(13)11(16-17)12(18)15-10-6-4-5-8(2)14-10/h4-7H,3H2,1-2H3,(H,14,15,18). The molecule has 0 unspecified atom stereocenters. The topological polar surface area (TPSA) is 59.8 Å². The van der Waals surface area contributed by atoms with Crippen LogP contribution >= 0.6 is 15.9 Å². The van der Waals surface area contributed by atoms with Crippen molar-refractivity contribution < 1.29 is 4.79 Å². The molecule has 2 rings (SSSR count). The fourth-order valence-corrected chi connectivity index (χ4v) is 2.00. The summed E-state index contributed by atoms with van der Waals surface area (Å²) in [6.45, 7) is 4.55. The van der Waals surface area contributed by atoms with E-state index in [0.29, 0.717) is 22.5 Å². The first-order valence-corrected chi connectivity index (χ1v) is 6.37. The van der Waals surface area contributed by atoms with Crippen LogP contribution in [0, 0.1) is 6.92 Å². The lowest BCUT2D eigenvalue weighted by molar-refractivity contribution is 0.102. The van der Waals surface area contributed by atoms with E-state index in [1.807, 2.05) is 26.0 Å². The molecule has 94 valence electrons. The van der Waals surface area contributed by atoms with E-state index >= 15 is 0 Å². The second-order valence-electron chi connectivity index (χ2n) is 3.80. The average Bonchev–Trinajstić information content (AvgIpc) is 2.70. The lowest BCUT2D eigenvalue weighted by Gasteiger charge is -2.03. The van der Waals surface area contributed by atoms with E-state index in [9.17, 15) is 4.79 Å². The van der Waals surface area contributed by atoms with Crippen molar-refractivity contribution in [3.8, 4) is 0 Å². The molecule has 2 aromatic heterocycles. The first-order valence-electron chi connectivity index (χ1n) is 5.58. The third kappa shape index (κ3) is 2.76. The van der Waals surface area contributed by atoms with E-state index in [1.54, 1.807) is 16.9 Å². The number of hydrogen-bond acceptors (Lipinski definition) is 3. The monoisotopic (exact) mass is 308 g/mol. The van der Waals surface area contributed by atoms with Crippen molar-refractivity contribution in [2.75, 3.05) is 5.32 Å². The number of rotatable bonds is 3. The van der Waals surface area contributed by atoms with Crippen LogP contribution in [-0.4, -0.2) is 20.7 Å². The van der Waals surface area contributed by atoms with Crippen molar-refractivity contribution in [2.45, 2.75) is 20.4 Å². The summed E-state index contributed by atoms with van der Waals surface area (Å²) in [5, 5.41) is 6.90. The van der Waals surface area contributed by atoms with Gasteiger partial charge in [0.1, 0.15) is 5.82 Å². The van der Waals surface area contributed by atoms with Gasteiger partial charge in [-0.25, -0.2) is 4.98 Å². The highest BCUT2D eigenvalue weighted by Crippen LogP contribution is 2.16. The molecule has 0 radical (unpaired) electrons. The SMILES string of the molecule is CCn1cc(Br)c(C(=O)Nc2cccc(C)n2)n1. The maximum atomic E-state index is 12.0. The summed E-state index contributed by atoms with van der Waals surface area (Å²) in [6.07, 6.45) is 1.78. The highest BCUT2D eigenvalue weighted by Gasteiger charge is 2.15. The summed E-state index contributed by atoms with van der Waals surface area (Å²) in [5.74, 6) is 0.255. The van der Waals surface area contributed by atoms with E-state index in [1.165, 1.54) is 0 Å². The minimum absolute atomic E-state index is 0.271. The first kappa shape index (κ1) is 12.8. The van der Waals surface area contributed by atoms with Gasteiger partial charge >= 0.3 is 0 Å². The van der Waals surface area contributed by atoms with Crippen molar-refractivity contribution in [3.05, 3.63) is 40.3 Å². The van der Waals surface area contributed by atoms with Gasteiger partial charge in [0.25, 0.3) is 5.91 Å². The molecule has 0 aliphatic heterocycles. The molecule has 0 aliphatic rings. The molecule has 5 nitrogen and oxygen atoms in total. The predicted molar refractivity (Wildman–Crippen MR) is 72.5 cm³/mol. The van der Waals surface area contributed by atoms with Crippen molar-refractivity contribution in [1.29, 1.82) is 0 Å². The Balaban J connectivity index is 2.19. The molecule has 0 aromatic carbocycles. The number of amides is 1. The Bertz CT molecular complexity index is 579. The summed E-state index contributed by atoms with van der Waals surface area (Å²) in [5.41, 5.74) is 1.21. The van der Waals surface area contributed by atoms with Crippen LogP contribution in [0.5, 0.6) is 0 Å². The first-order chi connectivity index (χ1) is 8.60. The van der Waals surface area contributed by atoms with Crippen LogP contribution in [0.15, 0.2) is 28.9 Å². The summed E-state index contributed by atoms with van der Waals surface area (Å²) in [4.78, 5) is 16.2. The molecular formula is C12H13BrN4O. The zero-order valence-corrected chi connectivity index (χ0v) is 11.7. The van der Waals surface area contributed by atoms with Gasteiger partial charge in [0, 0.05) is 18.4 Å². The summed E-state index contributed by atoms with van der Waals surface area (Å²) in [7, 11) is 0. The molecule has 2 heterocycles. The number of nitrogens with one attached hydrogen (secondary N) is 1. The van der Waals surface area contributed by atoms with Crippen molar-refractivity contribution >= 4 is 27.7 Å². The highest BCUT2D eigenvalue weighted by molar-refractivity contribution is 9.10. The minimum Gasteiger partial charge on any atom is -0.305 e. The molecule has 0 saturated carbocycles. The zero-order valence-electron chi connectivity index (χ0n) is 10.1. The molecule has 0 aliphatic carbocycles. The molecule has 1 N–H and O–H groups in total. The third-order valence-corrected chi connectivity index (χ3v) is 2.97. The van der Waals surface area contributed by atoms with Crippen molar-refractivity contribution in [2.24, 2.45) is 0 Å². The molecule has 0 atom stereocenters. The summed E-state index contributed by atoms with van der Waals surface area (Å²) < 4.78 is 2.37. The van der Waals surface area contributed by atoms with Crippen LogP contribution in [0.3, 0.4) is 0 Å². The Morgan fingerprint density at radius 3 is 2.89 bits per heavy atom. The van der Waals surface area contributed by atoms with Gasteiger partial charge in [-0.05, 0) is 41.9 Å². The number of carbonyl (C=O) groups is 1. The van der Waals surface area contributed by atoms with E-state index in [4.69, 9.17) is 0 Å². The normalized spacial score (nSPS) is 10.4. The lowest BCUT2D eigenvalue weighted by atomic mass is 10.3. The molecule has 18 heavy (non-hydrogen) atoms. The van der Waals surface area contributed by atoms with Gasteiger partial charge in [-0.15, -0.1) is 0 Å². The van der Waals surface area contributed by atoms with E-state index < -0.39 is 0 Å². The van der Waals surface area contributed by atoms with Crippen LogP contribution in [-0.2, 0) is 6.54 Å². The number of halogens is 1. The zero-order chi connectivity index (χ0) is 13.1. The van der Waals surface area contributed by atoms with Gasteiger partial charge in [0.15, 0.2) is 5.69 Å². The van der Waals surface area contributed by atoms with Gasteiger partial charge in [0.2, 0.25) is 0 Å². The van der Waals surface area contributed by atoms with Gasteiger partial charge < -0.3 is 5.32 Å². The molecule has 6 heteroatoms. The third-order valence-electron chi connectivity index (χ3n) is 2.39. The van der Waals surface area contributed by atoms with Crippen LogP contribution < -0.4 is 5.32 Å². The lowest BCUT2D eigenvalue weighted by Crippen LogP contribution is -2.15. The number of anilines is 1. The summed E-state index contributed by atoms with van der Waals surface area (Å²) >= 11 is 3.32. The van der Waals surface area contributed by atoms with E-state index in [-0.39, 0.29) is 5.91 Å². The molecule has 0 spiro atoms. The highest BCUT2D eigenvalue weighted by atomic mass is 79.9. The number of hydrogen-bond donors (Lipinski definition) is 1. The maximum Gasteiger partial charge on any atom is 0.278 e. The smallest absolute Gasteiger partial charge is 0.278 e. The molecule has 0 bridgehead atoms. The minimum atomic E-state index is -0.271. The van der Waals surface area contributed by atoms with Gasteiger partial charge in [-0.2, -0.15) is 5.10 Å². The van der Waals surface area contributed by atoms with Crippen LogP contribution in [0.25, 0.3) is 0 Å². The van der Waals surface area contributed by atoms with Crippen molar-refractivity contribution in [1.82, 2.24) is 14.8 Å². The van der Waals surface area contributed by atoms with Crippen LogP contribution in [0.1, 0.15) is 23.1 Å². The molecule has 1 amide bonds. The Kier molecular flexibility index (Phi) is 3.76. The quantitative estimate of drug-likeness (QED) is 0.948. The van der Waals surface area contributed by atoms with Crippen LogP contribution in [0.4, 0.5) is 5.82 Å². The maximum absolute atomic E-state index is 12.0. The second kappa shape index (κ2) is 5.30. The Labute approximate surface area is 113 Å². The molecule has 0 saturated heterocycles. The van der Waals surface area contributed by atoms with Gasteiger partial charge in [-0.1, -0.05) is 6.07 Å². The second-order valence-corrected chi connectivity index (χ2v) is 4.65. The van der Waals surface area contributed by atoms with E-state index in [2.05, 4.69) is 31.3 Å². The molecule has 2 aromatic rings. The van der Waals surface area contributed by atoms with Gasteiger partial charge in [-0.3, -0.25) is 9.48 Å². The number of pyridine rings is 1.